The lowest BCUT2D eigenvalue weighted by Gasteiger charge is -2.15. The van der Waals surface area contributed by atoms with Crippen molar-refractivity contribution in [1.82, 2.24) is 10.4 Å². The Morgan fingerprint density at radius 2 is 2.00 bits per heavy atom. The van der Waals surface area contributed by atoms with E-state index < -0.39 is 11.9 Å². The molecule has 0 heterocycles. The number of primary amides is 1. The molecule has 0 aliphatic carbocycles. The smallest absolute Gasteiger partial charge is 0.333 e. The zero-order valence-electron chi connectivity index (χ0n) is 9.55. The predicted molar refractivity (Wildman–Crippen MR) is 61.6 cm³/mol. The Morgan fingerprint density at radius 1 is 1.35 bits per heavy atom. The van der Waals surface area contributed by atoms with Crippen molar-refractivity contribution >= 4 is 11.9 Å². The summed E-state index contributed by atoms with van der Waals surface area (Å²) >= 11 is 0. The van der Waals surface area contributed by atoms with Gasteiger partial charge in [0.2, 0.25) is 0 Å². The number of benzene rings is 1. The number of hydrazine groups is 1. The van der Waals surface area contributed by atoms with Crippen molar-refractivity contribution in [2.75, 3.05) is 13.7 Å². The molecule has 0 aliphatic rings. The van der Waals surface area contributed by atoms with Crippen LogP contribution >= 0.6 is 0 Å². The normalized spacial score (nSPS) is 9.71. The monoisotopic (exact) mass is 237 g/mol. The van der Waals surface area contributed by atoms with Crippen LogP contribution in [0, 0.1) is 0 Å². The molecule has 0 unspecified atom stereocenters. The first-order valence-corrected chi connectivity index (χ1v) is 5.04. The maximum absolute atomic E-state index is 11.3. The van der Waals surface area contributed by atoms with E-state index in [4.69, 9.17) is 10.5 Å². The molecular weight excluding hydrogens is 222 g/mol. The lowest BCUT2D eigenvalue weighted by Crippen LogP contribution is -2.47. The van der Waals surface area contributed by atoms with Crippen LogP contribution in [0.25, 0.3) is 0 Å². The summed E-state index contributed by atoms with van der Waals surface area (Å²) in [7, 11) is 1.36. The van der Waals surface area contributed by atoms with Gasteiger partial charge in [-0.3, -0.25) is 10.2 Å². The number of urea groups is 1. The third kappa shape index (κ3) is 4.98. The predicted octanol–water partition coefficient (Wildman–Crippen LogP) is 0.245. The van der Waals surface area contributed by atoms with Gasteiger partial charge in [-0.05, 0) is 5.56 Å². The molecular formula is C11H15N3O3. The summed E-state index contributed by atoms with van der Waals surface area (Å²) in [6, 6.07) is 8.74. The molecule has 17 heavy (non-hydrogen) atoms. The second-order valence-corrected chi connectivity index (χ2v) is 3.41. The largest absolute Gasteiger partial charge is 0.367 e. The average molecular weight is 237 g/mol. The molecule has 0 radical (unpaired) electrons. The molecule has 92 valence electrons. The first-order valence-electron chi connectivity index (χ1n) is 5.04. The molecule has 0 fully saturated rings. The lowest BCUT2D eigenvalue weighted by molar-refractivity contribution is -0.129. The molecule has 3 N–H and O–H groups in total. The summed E-state index contributed by atoms with van der Waals surface area (Å²) in [4.78, 5) is 21.9. The molecule has 6 nitrogen and oxygen atoms in total. The number of hydrogen-bond acceptors (Lipinski definition) is 3. The van der Waals surface area contributed by atoms with Crippen LogP contribution in [0.2, 0.25) is 0 Å². The number of hydrogen-bond donors (Lipinski definition) is 2. The highest BCUT2D eigenvalue weighted by Crippen LogP contribution is 1.99. The number of ether oxygens (including phenoxy) is 1. The molecule has 3 amide bonds. The highest BCUT2D eigenvalue weighted by atomic mass is 16.5. The molecule has 0 aromatic heterocycles. The van der Waals surface area contributed by atoms with Crippen LogP contribution < -0.4 is 11.2 Å². The highest BCUT2D eigenvalue weighted by molar-refractivity contribution is 5.80. The van der Waals surface area contributed by atoms with E-state index in [0.29, 0.717) is 6.61 Å². The van der Waals surface area contributed by atoms with Crippen molar-refractivity contribution in [2.24, 2.45) is 5.73 Å². The molecule has 0 saturated carbocycles. The fourth-order valence-corrected chi connectivity index (χ4v) is 1.11. The minimum absolute atomic E-state index is 0.132. The maximum Gasteiger partial charge on any atom is 0.333 e. The van der Waals surface area contributed by atoms with Crippen molar-refractivity contribution in [3.63, 3.8) is 0 Å². The van der Waals surface area contributed by atoms with Gasteiger partial charge in [0.05, 0.1) is 6.61 Å². The van der Waals surface area contributed by atoms with Crippen LogP contribution in [0.15, 0.2) is 30.3 Å². The first-order chi connectivity index (χ1) is 8.09. The van der Waals surface area contributed by atoms with Crippen molar-refractivity contribution in [2.45, 2.75) is 6.61 Å². The van der Waals surface area contributed by atoms with Gasteiger partial charge < -0.3 is 10.5 Å². The Balaban J connectivity index is 2.23. The Bertz CT molecular complexity index is 381. The van der Waals surface area contributed by atoms with E-state index in [1.165, 1.54) is 7.05 Å². The van der Waals surface area contributed by atoms with E-state index in [1.807, 2.05) is 30.3 Å². The number of nitrogens with two attached hydrogens (primary N) is 1. The van der Waals surface area contributed by atoms with Gasteiger partial charge in [0.25, 0.3) is 5.91 Å². The summed E-state index contributed by atoms with van der Waals surface area (Å²) in [5.74, 6) is -0.428. The summed E-state index contributed by atoms with van der Waals surface area (Å²) < 4.78 is 5.17. The Morgan fingerprint density at radius 3 is 2.59 bits per heavy atom. The van der Waals surface area contributed by atoms with Gasteiger partial charge in [-0.1, -0.05) is 30.3 Å². The van der Waals surface area contributed by atoms with Gasteiger partial charge >= 0.3 is 6.03 Å². The number of carbonyl (C=O) groups is 2. The highest BCUT2D eigenvalue weighted by Gasteiger charge is 2.07. The van der Waals surface area contributed by atoms with Gasteiger partial charge in [0.1, 0.15) is 6.61 Å². The van der Waals surface area contributed by atoms with Crippen LogP contribution in [0.3, 0.4) is 0 Å². The molecule has 0 atom stereocenters. The molecule has 0 aliphatic heterocycles. The van der Waals surface area contributed by atoms with E-state index in [-0.39, 0.29) is 6.61 Å². The summed E-state index contributed by atoms with van der Waals surface area (Å²) in [6.07, 6.45) is 0. The molecule has 1 aromatic rings. The molecule has 0 bridgehead atoms. The SMILES string of the molecule is CN(NC(=O)COCc1ccccc1)C(N)=O. The second kappa shape index (κ2) is 6.49. The summed E-state index contributed by atoms with van der Waals surface area (Å²) in [6.45, 7) is 0.209. The second-order valence-electron chi connectivity index (χ2n) is 3.41. The number of carbonyl (C=O) groups excluding carboxylic acids is 2. The van der Waals surface area contributed by atoms with Crippen molar-refractivity contribution in [3.05, 3.63) is 35.9 Å². The van der Waals surface area contributed by atoms with Crippen LogP contribution in [0.1, 0.15) is 5.56 Å². The zero-order chi connectivity index (χ0) is 12.7. The molecule has 1 aromatic carbocycles. The number of nitrogens with zero attached hydrogens (tertiary/aromatic N) is 1. The number of nitrogens with one attached hydrogen (secondary N) is 1. The molecule has 0 spiro atoms. The molecule has 6 heteroatoms. The van der Waals surface area contributed by atoms with Crippen molar-refractivity contribution in [3.8, 4) is 0 Å². The van der Waals surface area contributed by atoms with Crippen LogP contribution in [0.4, 0.5) is 4.79 Å². The van der Waals surface area contributed by atoms with Gasteiger partial charge in [-0.25, -0.2) is 9.80 Å². The van der Waals surface area contributed by atoms with Crippen molar-refractivity contribution in [1.29, 1.82) is 0 Å². The van der Waals surface area contributed by atoms with E-state index >= 15 is 0 Å². The first kappa shape index (κ1) is 13.0. The quantitative estimate of drug-likeness (QED) is 0.736. The minimum atomic E-state index is -0.735. The Labute approximate surface area is 99.3 Å². The fourth-order valence-electron chi connectivity index (χ4n) is 1.11. The standard InChI is InChI=1S/C11H15N3O3/c1-14(11(12)16)13-10(15)8-17-7-9-5-3-2-4-6-9/h2-6H,7-8H2,1H3,(H2,12,16)(H,13,15). The van der Waals surface area contributed by atoms with E-state index in [2.05, 4.69) is 5.43 Å². The minimum Gasteiger partial charge on any atom is -0.367 e. The number of rotatable bonds is 4. The summed E-state index contributed by atoms with van der Waals surface area (Å²) in [5, 5.41) is 0.897. The zero-order valence-corrected chi connectivity index (χ0v) is 9.55. The van der Waals surface area contributed by atoms with Gasteiger partial charge in [0.15, 0.2) is 0 Å². The van der Waals surface area contributed by atoms with Gasteiger partial charge in [-0.15, -0.1) is 0 Å². The summed E-state index contributed by atoms with van der Waals surface area (Å²) in [5.41, 5.74) is 8.17. The molecule has 0 saturated heterocycles. The topological polar surface area (TPSA) is 84.7 Å². The lowest BCUT2D eigenvalue weighted by atomic mass is 10.2. The average Bonchev–Trinajstić information content (AvgIpc) is 2.30. The van der Waals surface area contributed by atoms with Gasteiger partial charge in [-0.2, -0.15) is 0 Å². The van der Waals surface area contributed by atoms with Crippen LogP contribution in [-0.4, -0.2) is 30.6 Å². The van der Waals surface area contributed by atoms with Crippen LogP contribution in [-0.2, 0) is 16.1 Å². The third-order valence-electron chi connectivity index (χ3n) is 1.97. The van der Waals surface area contributed by atoms with E-state index in [0.717, 1.165) is 10.6 Å². The Kier molecular flexibility index (Phi) is 4.96. The third-order valence-corrected chi connectivity index (χ3v) is 1.97. The maximum atomic E-state index is 11.3. The number of amides is 3. The fraction of sp³-hybridized carbons (Fsp3) is 0.273. The van der Waals surface area contributed by atoms with Crippen LogP contribution in [0.5, 0.6) is 0 Å². The Hall–Kier alpha value is -2.08. The van der Waals surface area contributed by atoms with E-state index in [9.17, 15) is 9.59 Å². The molecule has 1 rings (SSSR count). The van der Waals surface area contributed by atoms with Crippen molar-refractivity contribution < 1.29 is 14.3 Å². The van der Waals surface area contributed by atoms with Gasteiger partial charge in [0, 0.05) is 7.05 Å². The van der Waals surface area contributed by atoms with E-state index in [1.54, 1.807) is 0 Å².